The molecule has 0 amide bonds. The fourth-order valence-corrected chi connectivity index (χ4v) is 4.23. The van der Waals surface area contributed by atoms with Gasteiger partial charge in [0.05, 0.1) is 39.3 Å². The first-order valence-corrected chi connectivity index (χ1v) is 11.4. The predicted octanol–water partition coefficient (Wildman–Crippen LogP) is 3.94. The SMILES string of the molecule is CC(C)C[C@H](Nc1nc(N)nc(N)c1C#N)c1nc2cccc(Cl)c2c(=O)n1-c1cccc(C#N)c1. The van der Waals surface area contributed by atoms with E-state index in [0.29, 0.717) is 29.0 Å². The van der Waals surface area contributed by atoms with E-state index in [1.165, 1.54) is 4.57 Å². The molecule has 4 aromatic rings. The van der Waals surface area contributed by atoms with Crippen LogP contribution in [0, 0.1) is 28.6 Å². The van der Waals surface area contributed by atoms with Crippen LogP contribution in [-0.2, 0) is 0 Å². The molecule has 1 atom stereocenters. The first-order valence-electron chi connectivity index (χ1n) is 11.0. The lowest BCUT2D eigenvalue weighted by molar-refractivity contribution is 0.506. The molecule has 2 aromatic carbocycles. The van der Waals surface area contributed by atoms with E-state index < -0.39 is 11.6 Å². The number of nitriles is 2. The van der Waals surface area contributed by atoms with Crippen molar-refractivity contribution in [2.24, 2.45) is 5.92 Å². The zero-order valence-electron chi connectivity index (χ0n) is 19.5. The van der Waals surface area contributed by atoms with Crippen molar-refractivity contribution >= 4 is 40.1 Å². The van der Waals surface area contributed by atoms with Crippen LogP contribution in [0.2, 0.25) is 5.02 Å². The molecule has 0 radical (unpaired) electrons. The second-order valence-electron chi connectivity index (χ2n) is 8.54. The molecule has 0 saturated carbocycles. The van der Waals surface area contributed by atoms with Crippen molar-refractivity contribution in [1.82, 2.24) is 19.5 Å². The van der Waals surface area contributed by atoms with Gasteiger partial charge in [-0.25, -0.2) is 4.98 Å². The first kappa shape index (κ1) is 24.5. The summed E-state index contributed by atoms with van der Waals surface area (Å²) in [5.41, 5.74) is 12.6. The van der Waals surface area contributed by atoms with Gasteiger partial charge < -0.3 is 16.8 Å². The number of benzene rings is 2. The summed E-state index contributed by atoms with van der Waals surface area (Å²) in [7, 11) is 0. The van der Waals surface area contributed by atoms with Gasteiger partial charge in [0.25, 0.3) is 5.56 Å². The summed E-state index contributed by atoms with van der Waals surface area (Å²) in [5.74, 6) is 0.461. The minimum Gasteiger partial charge on any atom is -0.382 e. The molecule has 2 aromatic heterocycles. The van der Waals surface area contributed by atoms with Crippen LogP contribution in [0.15, 0.2) is 47.3 Å². The monoisotopic (exact) mass is 499 g/mol. The minimum atomic E-state index is -0.604. The van der Waals surface area contributed by atoms with Gasteiger partial charge in [-0.1, -0.05) is 37.6 Å². The highest BCUT2D eigenvalue weighted by Crippen LogP contribution is 2.30. The average Bonchev–Trinajstić information content (AvgIpc) is 2.83. The summed E-state index contributed by atoms with van der Waals surface area (Å²) in [6.45, 7) is 4.03. The Bertz CT molecular complexity index is 1620. The Kier molecular flexibility index (Phi) is 6.73. The topological polar surface area (TPSA) is 172 Å². The molecule has 0 unspecified atom stereocenters. The Labute approximate surface area is 211 Å². The molecule has 2 heterocycles. The van der Waals surface area contributed by atoms with Gasteiger partial charge in [0.15, 0.2) is 5.82 Å². The lowest BCUT2D eigenvalue weighted by Gasteiger charge is -2.25. The maximum Gasteiger partial charge on any atom is 0.267 e. The zero-order valence-corrected chi connectivity index (χ0v) is 20.3. The molecule has 11 heteroatoms. The number of nitrogen functional groups attached to an aromatic ring is 2. The highest BCUT2D eigenvalue weighted by Gasteiger charge is 2.25. The predicted molar refractivity (Wildman–Crippen MR) is 138 cm³/mol. The van der Waals surface area contributed by atoms with Crippen molar-refractivity contribution in [3.63, 3.8) is 0 Å². The molecule has 4 rings (SSSR count). The van der Waals surface area contributed by atoms with Gasteiger partial charge in [-0.15, -0.1) is 0 Å². The standard InChI is InChI=1S/C25H22ClN9O/c1-13(2)9-19(31-22-16(12-28)21(29)33-25(30)34-22)23-32-18-8-4-7-17(26)20(18)24(36)35(23)15-6-3-5-14(10-15)11-27/h3-8,10,13,19H,9H2,1-2H3,(H5,29,30,31,33,34)/t19-/m0/s1. The molecule has 36 heavy (non-hydrogen) atoms. The molecule has 0 fully saturated rings. The smallest absolute Gasteiger partial charge is 0.267 e. The summed E-state index contributed by atoms with van der Waals surface area (Å²) in [4.78, 5) is 26.7. The van der Waals surface area contributed by atoms with Crippen LogP contribution in [0.25, 0.3) is 16.6 Å². The molecule has 10 nitrogen and oxygen atoms in total. The normalized spacial score (nSPS) is 11.7. The van der Waals surface area contributed by atoms with E-state index >= 15 is 0 Å². The number of nitrogens with one attached hydrogen (secondary N) is 1. The third-order valence-electron chi connectivity index (χ3n) is 5.50. The molecular formula is C25H22ClN9O. The van der Waals surface area contributed by atoms with Crippen LogP contribution >= 0.6 is 11.6 Å². The number of nitrogens with two attached hydrogens (primary N) is 2. The second-order valence-corrected chi connectivity index (χ2v) is 8.94. The summed E-state index contributed by atoms with van der Waals surface area (Å²) in [6, 6.07) is 15.2. The number of hydrogen-bond donors (Lipinski definition) is 3. The Hall–Kier alpha value is -4.67. The number of hydrogen-bond acceptors (Lipinski definition) is 9. The number of aromatic nitrogens is 4. The van der Waals surface area contributed by atoms with Crippen molar-refractivity contribution in [1.29, 1.82) is 10.5 Å². The Morgan fingerprint density at radius 1 is 1.08 bits per heavy atom. The van der Waals surface area contributed by atoms with Gasteiger partial charge in [0.1, 0.15) is 23.3 Å². The Balaban J connectivity index is 2.03. The van der Waals surface area contributed by atoms with E-state index in [1.807, 2.05) is 19.9 Å². The molecule has 180 valence electrons. The Morgan fingerprint density at radius 3 is 2.53 bits per heavy atom. The van der Waals surface area contributed by atoms with E-state index in [4.69, 9.17) is 28.1 Å². The summed E-state index contributed by atoms with van der Waals surface area (Å²) in [6.07, 6.45) is 0.505. The van der Waals surface area contributed by atoms with Crippen molar-refractivity contribution in [3.8, 4) is 17.8 Å². The van der Waals surface area contributed by atoms with Gasteiger partial charge in [-0.3, -0.25) is 9.36 Å². The van der Waals surface area contributed by atoms with E-state index in [-0.39, 0.29) is 39.5 Å². The third-order valence-corrected chi connectivity index (χ3v) is 5.82. The molecule has 0 aliphatic carbocycles. The lowest BCUT2D eigenvalue weighted by Crippen LogP contribution is -2.29. The lowest BCUT2D eigenvalue weighted by atomic mass is 10.0. The quantitative estimate of drug-likeness (QED) is 0.355. The molecular weight excluding hydrogens is 478 g/mol. The van der Waals surface area contributed by atoms with Gasteiger partial charge >= 0.3 is 0 Å². The third kappa shape index (κ3) is 4.63. The molecule has 0 aliphatic rings. The number of halogens is 1. The van der Waals surface area contributed by atoms with Crippen molar-refractivity contribution < 1.29 is 0 Å². The zero-order chi connectivity index (χ0) is 26.0. The van der Waals surface area contributed by atoms with Crippen LogP contribution in [0.1, 0.15) is 43.3 Å². The van der Waals surface area contributed by atoms with Crippen molar-refractivity contribution in [2.45, 2.75) is 26.3 Å². The van der Waals surface area contributed by atoms with Crippen LogP contribution in [0.4, 0.5) is 17.6 Å². The van der Waals surface area contributed by atoms with Crippen LogP contribution in [0.3, 0.4) is 0 Å². The van der Waals surface area contributed by atoms with Crippen LogP contribution in [-0.4, -0.2) is 19.5 Å². The first-order chi connectivity index (χ1) is 17.2. The summed E-state index contributed by atoms with van der Waals surface area (Å²) in [5, 5.41) is 22.8. The van der Waals surface area contributed by atoms with Gasteiger partial charge in [-0.05, 0) is 42.7 Å². The molecule has 5 N–H and O–H groups in total. The highest BCUT2D eigenvalue weighted by atomic mass is 35.5. The van der Waals surface area contributed by atoms with Crippen molar-refractivity contribution in [3.05, 3.63) is 74.8 Å². The van der Waals surface area contributed by atoms with E-state index in [1.54, 1.807) is 42.5 Å². The molecule has 0 spiro atoms. The van der Waals surface area contributed by atoms with Gasteiger partial charge in [0, 0.05) is 0 Å². The number of rotatable bonds is 6. The van der Waals surface area contributed by atoms with Crippen molar-refractivity contribution in [2.75, 3.05) is 16.8 Å². The summed E-state index contributed by atoms with van der Waals surface area (Å²) >= 11 is 6.40. The fraction of sp³-hybridized carbons (Fsp3) is 0.200. The molecule has 0 bridgehead atoms. The number of anilines is 3. The molecule has 0 aliphatic heterocycles. The maximum absolute atomic E-state index is 13.9. The largest absolute Gasteiger partial charge is 0.382 e. The number of fused-ring (bicyclic) bond motifs is 1. The van der Waals surface area contributed by atoms with Crippen LogP contribution in [0.5, 0.6) is 0 Å². The minimum absolute atomic E-state index is 0.0298. The maximum atomic E-state index is 13.9. The highest BCUT2D eigenvalue weighted by molar-refractivity contribution is 6.35. The molecule has 0 saturated heterocycles. The number of nitrogens with zero attached hydrogens (tertiary/aromatic N) is 6. The Morgan fingerprint density at radius 2 is 1.83 bits per heavy atom. The van der Waals surface area contributed by atoms with Crippen LogP contribution < -0.4 is 22.3 Å². The second kappa shape index (κ2) is 9.90. The average molecular weight is 500 g/mol. The van der Waals surface area contributed by atoms with Gasteiger partial charge in [-0.2, -0.15) is 20.5 Å². The van der Waals surface area contributed by atoms with Gasteiger partial charge in [0.2, 0.25) is 5.95 Å². The van der Waals surface area contributed by atoms with E-state index in [2.05, 4.69) is 21.4 Å². The van der Waals surface area contributed by atoms with E-state index in [9.17, 15) is 15.3 Å². The fourth-order valence-electron chi connectivity index (χ4n) is 3.98. The summed E-state index contributed by atoms with van der Waals surface area (Å²) < 4.78 is 1.43. The van der Waals surface area contributed by atoms with E-state index in [0.717, 1.165) is 0 Å².